The highest BCUT2D eigenvalue weighted by Crippen LogP contribution is 2.18. The number of hydrogen-bond donors (Lipinski definition) is 2. The molecule has 4 nitrogen and oxygen atoms in total. The van der Waals surface area contributed by atoms with Crippen LogP contribution in [0.1, 0.15) is 25.2 Å². The SMILES string of the molecule is CCNC(=S)Nc1c(C)nn(CC)c1C. The summed E-state index contributed by atoms with van der Waals surface area (Å²) in [4.78, 5) is 0. The molecule has 0 bridgehead atoms. The predicted molar refractivity (Wildman–Crippen MR) is 67.3 cm³/mol. The molecule has 1 heterocycles. The van der Waals surface area contributed by atoms with Crippen molar-refractivity contribution in [3.63, 3.8) is 0 Å². The van der Waals surface area contributed by atoms with Gasteiger partial charge in [-0.1, -0.05) is 0 Å². The topological polar surface area (TPSA) is 41.9 Å². The van der Waals surface area contributed by atoms with Crippen molar-refractivity contribution in [2.75, 3.05) is 11.9 Å². The van der Waals surface area contributed by atoms with Crippen molar-refractivity contribution in [2.24, 2.45) is 0 Å². The molecule has 0 spiro atoms. The zero-order valence-electron chi connectivity index (χ0n) is 9.72. The quantitative estimate of drug-likeness (QED) is 0.772. The van der Waals surface area contributed by atoms with Crippen LogP contribution in [0.5, 0.6) is 0 Å². The monoisotopic (exact) mass is 226 g/mol. The van der Waals surface area contributed by atoms with Crippen LogP contribution in [0.4, 0.5) is 5.69 Å². The summed E-state index contributed by atoms with van der Waals surface area (Å²) in [6.07, 6.45) is 0. The fraction of sp³-hybridized carbons (Fsp3) is 0.600. The average molecular weight is 226 g/mol. The summed E-state index contributed by atoms with van der Waals surface area (Å²) in [5, 5.41) is 11.3. The maximum atomic E-state index is 5.14. The van der Waals surface area contributed by atoms with E-state index >= 15 is 0 Å². The van der Waals surface area contributed by atoms with Crippen LogP contribution < -0.4 is 10.6 Å². The molecule has 0 atom stereocenters. The van der Waals surface area contributed by atoms with Crippen LogP contribution in [0.3, 0.4) is 0 Å². The first-order valence-electron chi connectivity index (χ1n) is 5.19. The summed E-state index contributed by atoms with van der Waals surface area (Å²) in [5.74, 6) is 0. The number of hydrogen-bond acceptors (Lipinski definition) is 2. The number of nitrogens with zero attached hydrogens (tertiary/aromatic N) is 2. The van der Waals surface area contributed by atoms with Gasteiger partial charge in [0.1, 0.15) is 0 Å². The first-order chi connectivity index (χ1) is 7.10. The van der Waals surface area contributed by atoms with Crippen molar-refractivity contribution in [1.29, 1.82) is 0 Å². The lowest BCUT2D eigenvalue weighted by molar-refractivity contribution is 0.634. The first kappa shape index (κ1) is 12.0. The van der Waals surface area contributed by atoms with Crippen LogP contribution in [0.15, 0.2) is 0 Å². The zero-order chi connectivity index (χ0) is 11.4. The second-order valence-electron chi connectivity index (χ2n) is 3.35. The van der Waals surface area contributed by atoms with Gasteiger partial charge in [0.2, 0.25) is 0 Å². The summed E-state index contributed by atoms with van der Waals surface area (Å²) < 4.78 is 1.96. The van der Waals surface area contributed by atoms with E-state index in [1.807, 2.05) is 25.5 Å². The number of nitrogens with one attached hydrogen (secondary N) is 2. The Balaban J connectivity index is 2.85. The molecule has 0 fully saturated rings. The normalized spacial score (nSPS) is 10.1. The molecule has 1 rings (SSSR count). The molecule has 0 aliphatic carbocycles. The van der Waals surface area contributed by atoms with Crippen molar-refractivity contribution in [2.45, 2.75) is 34.2 Å². The Bertz CT molecular complexity index is 357. The van der Waals surface area contributed by atoms with Crippen LogP contribution in [0.2, 0.25) is 0 Å². The van der Waals surface area contributed by atoms with Crippen molar-refractivity contribution in [1.82, 2.24) is 15.1 Å². The van der Waals surface area contributed by atoms with Gasteiger partial charge in [-0.3, -0.25) is 4.68 Å². The number of aromatic nitrogens is 2. The predicted octanol–water partition coefficient (Wildman–Crippen LogP) is 1.83. The van der Waals surface area contributed by atoms with E-state index in [0.717, 1.165) is 30.2 Å². The molecule has 0 unspecified atom stereocenters. The van der Waals surface area contributed by atoms with Gasteiger partial charge in [0, 0.05) is 13.1 Å². The third-order valence-corrected chi connectivity index (χ3v) is 2.50. The fourth-order valence-electron chi connectivity index (χ4n) is 1.50. The lowest BCUT2D eigenvalue weighted by Gasteiger charge is -2.09. The van der Waals surface area contributed by atoms with E-state index in [9.17, 15) is 0 Å². The molecular weight excluding hydrogens is 208 g/mol. The van der Waals surface area contributed by atoms with E-state index in [2.05, 4.69) is 22.7 Å². The largest absolute Gasteiger partial charge is 0.363 e. The van der Waals surface area contributed by atoms with Crippen LogP contribution in [0.25, 0.3) is 0 Å². The lowest BCUT2D eigenvalue weighted by atomic mass is 10.3. The van der Waals surface area contributed by atoms with Gasteiger partial charge in [-0.25, -0.2) is 0 Å². The summed E-state index contributed by atoms with van der Waals surface area (Å²) in [6, 6.07) is 0. The third-order valence-electron chi connectivity index (χ3n) is 2.26. The minimum Gasteiger partial charge on any atom is -0.363 e. The van der Waals surface area contributed by atoms with Crippen molar-refractivity contribution in [3.8, 4) is 0 Å². The summed E-state index contributed by atoms with van der Waals surface area (Å²) >= 11 is 5.14. The number of aryl methyl sites for hydroxylation is 2. The maximum Gasteiger partial charge on any atom is 0.170 e. The second kappa shape index (κ2) is 5.11. The van der Waals surface area contributed by atoms with Gasteiger partial charge in [-0.2, -0.15) is 5.10 Å². The van der Waals surface area contributed by atoms with Crippen molar-refractivity contribution >= 4 is 23.0 Å². The van der Waals surface area contributed by atoms with E-state index in [4.69, 9.17) is 12.2 Å². The average Bonchev–Trinajstić information content (AvgIpc) is 2.45. The number of rotatable bonds is 3. The molecule has 1 aromatic rings. The molecule has 0 aromatic carbocycles. The Kier molecular flexibility index (Phi) is 4.08. The van der Waals surface area contributed by atoms with Gasteiger partial charge in [-0.15, -0.1) is 0 Å². The molecule has 0 aliphatic rings. The van der Waals surface area contributed by atoms with Crippen LogP contribution in [-0.2, 0) is 6.54 Å². The Morgan fingerprint density at radius 2 is 2.07 bits per heavy atom. The fourth-order valence-corrected chi connectivity index (χ4v) is 1.75. The second-order valence-corrected chi connectivity index (χ2v) is 3.75. The zero-order valence-corrected chi connectivity index (χ0v) is 10.5. The number of anilines is 1. The molecule has 2 N–H and O–H groups in total. The molecule has 0 aliphatic heterocycles. The van der Waals surface area contributed by atoms with Crippen molar-refractivity contribution in [3.05, 3.63) is 11.4 Å². The van der Waals surface area contributed by atoms with Gasteiger partial charge in [-0.05, 0) is 39.9 Å². The minimum atomic E-state index is 0.652. The Labute approximate surface area is 96.1 Å². The lowest BCUT2D eigenvalue weighted by Crippen LogP contribution is -2.28. The smallest absolute Gasteiger partial charge is 0.170 e. The molecule has 0 saturated carbocycles. The highest BCUT2D eigenvalue weighted by atomic mass is 32.1. The van der Waals surface area contributed by atoms with Crippen LogP contribution in [-0.4, -0.2) is 21.4 Å². The van der Waals surface area contributed by atoms with Crippen molar-refractivity contribution < 1.29 is 0 Å². The first-order valence-corrected chi connectivity index (χ1v) is 5.59. The summed E-state index contributed by atoms with van der Waals surface area (Å²) in [6.45, 7) is 9.82. The van der Waals surface area contributed by atoms with E-state index in [1.165, 1.54) is 0 Å². The van der Waals surface area contributed by atoms with E-state index in [1.54, 1.807) is 0 Å². The Hall–Kier alpha value is -1.10. The molecular formula is C10H18N4S. The molecule has 1 aromatic heterocycles. The molecule has 15 heavy (non-hydrogen) atoms. The summed E-state index contributed by atoms with van der Waals surface area (Å²) in [7, 11) is 0. The molecule has 5 heteroatoms. The van der Waals surface area contributed by atoms with E-state index in [-0.39, 0.29) is 0 Å². The third kappa shape index (κ3) is 2.68. The van der Waals surface area contributed by atoms with Gasteiger partial charge < -0.3 is 10.6 Å². The van der Waals surface area contributed by atoms with Gasteiger partial charge in [0.15, 0.2) is 5.11 Å². The van der Waals surface area contributed by atoms with Gasteiger partial charge in [0.25, 0.3) is 0 Å². The van der Waals surface area contributed by atoms with Gasteiger partial charge >= 0.3 is 0 Å². The minimum absolute atomic E-state index is 0.652. The van der Waals surface area contributed by atoms with Gasteiger partial charge in [0.05, 0.1) is 17.1 Å². The molecule has 0 amide bonds. The van der Waals surface area contributed by atoms with Crippen LogP contribution >= 0.6 is 12.2 Å². The number of thiocarbonyl (C=S) groups is 1. The molecule has 0 saturated heterocycles. The Morgan fingerprint density at radius 1 is 1.40 bits per heavy atom. The maximum absolute atomic E-state index is 5.14. The molecule has 0 radical (unpaired) electrons. The molecule has 84 valence electrons. The highest BCUT2D eigenvalue weighted by Gasteiger charge is 2.10. The van der Waals surface area contributed by atoms with Crippen LogP contribution in [0, 0.1) is 13.8 Å². The van der Waals surface area contributed by atoms with E-state index in [0.29, 0.717) is 5.11 Å². The van der Waals surface area contributed by atoms with E-state index < -0.39 is 0 Å². The standard InChI is InChI=1S/C10H18N4S/c1-5-11-10(15)12-9-7(3)13-14(6-2)8(9)4/h5-6H2,1-4H3,(H2,11,12,15). The highest BCUT2D eigenvalue weighted by molar-refractivity contribution is 7.80. The Morgan fingerprint density at radius 3 is 2.53 bits per heavy atom. The summed E-state index contributed by atoms with van der Waals surface area (Å²) in [5.41, 5.74) is 3.12.